The second-order valence-corrected chi connectivity index (χ2v) is 87.1. The second-order valence-electron chi connectivity index (χ2n) is 12.1. The Bertz CT molecular complexity index is 566. The molecule has 0 saturated carbocycles. The van der Waals surface area contributed by atoms with Crippen molar-refractivity contribution in [2.24, 2.45) is 5.92 Å². The molecule has 160 valence electrons. The first-order chi connectivity index (χ1) is 12.4. The van der Waals surface area contributed by atoms with Crippen LogP contribution in [0.5, 0.6) is 0 Å². The van der Waals surface area contributed by atoms with Crippen LogP contribution in [0.2, 0.25) is 31.8 Å². The molecule has 0 saturated heterocycles. The standard InChI is InChI=1S/C17H29NO.C2H7Si.4CH3.Hf.2H/c1-2-3-4-5-6-7-8-9-14-16(17(18)19)15-12-10-11-13-15;1-3-2;;;;;;;/h10-12,16H,2-9,13-14H2,1H3,(H2,18,19);3H,1-2H3;4*1H3;;;/q;;;;;;+3;2*-1/p-1. The van der Waals surface area contributed by atoms with Crippen molar-refractivity contribution < 1.29 is 24.1 Å². The molecule has 1 unspecified atom stereocenters. The molecule has 1 N–H and O–H groups in total. The zero-order valence-electron chi connectivity index (χ0n) is 21.4. The van der Waals surface area contributed by atoms with Gasteiger partial charge in [-0.05, 0) is 0 Å². The van der Waals surface area contributed by atoms with Crippen molar-refractivity contribution in [3.8, 4) is 0 Å². The monoisotopic (exact) mass is 563 g/mol. The molecule has 0 aromatic carbocycles. The topological polar surface area (TPSA) is 29.1 Å². The van der Waals surface area contributed by atoms with Crippen LogP contribution in [0, 0.1) is 5.92 Å². The van der Waals surface area contributed by atoms with Gasteiger partial charge in [-0.2, -0.15) is 0 Å². The summed E-state index contributed by atoms with van der Waals surface area (Å²) in [5, 5.41) is 0. The van der Waals surface area contributed by atoms with Gasteiger partial charge < -0.3 is 2.85 Å². The van der Waals surface area contributed by atoms with Crippen molar-refractivity contribution in [2.75, 3.05) is 0 Å². The van der Waals surface area contributed by atoms with Crippen molar-refractivity contribution in [1.82, 2.24) is 3.30 Å². The van der Waals surface area contributed by atoms with Gasteiger partial charge >= 0.3 is 162 Å². The number of carbonyl (C=O) groups excluding carboxylic acids is 1. The minimum absolute atomic E-state index is 0. The van der Waals surface area contributed by atoms with Gasteiger partial charge in [-0.3, -0.25) is 0 Å². The number of amides is 1. The number of hydrogen-bond donors (Lipinski definition) is 1. The molecule has 0 spiro atoms. The molecule has 0 radical (unpaired) electrons. The Labute approximate surface area is 171 Å². The molecule has 1 rings (SSSR count). The van der Waals surface area contributed by atoms with Crippen LogP contribution in [0.4, 0.5) is 0 Å². The summed E-state index contributed by atoms with van der Waals surface area (Å²) in [6.45, 7) is 7.11. The molecule has 0 aromatic heterocycles. The van der Waals surface area contributed by atoms with Gasteiger partial charge in [-0.25, -0.2) is 0 Å². The first-order valence-electron chi connectivity index (χ1n) is 11.6. The van der Waals surface area contributed by atoms with Gasteiger partial charge in [0.1, 0.15) is 0 Å². The summed E-state index contributed by atoms with van der Waals surface area (Å²) in [6, 6.07) is 0. The fraction of sp³-hybridized carbons (Fsp3) is 0.783. The normalized spacial score (nSPS) is 16.8. The molecule has 1 aliphatic rings. The van der Waals surface area contributed by atoms with Crippen LogP contribution in [-0.4, -0.2) is 11.9 Å². The van der Waals surface area contributed by atoms with Crippen LogP contribution in [0.3, 0.4) is 0 Å². The predicted octanol–water partition coefficient (Wildman–Crippen LogP) is 7.68. The smallest absolute Gasteiger partial charge is 1.00 e. The van der Waals surface area contributed by atoms with Gasteiger partial charge in [0.15, 0.2) is 0 Å². The van der Waals surface area contributed by atoms with E-state index in [4.69, 9.17) is 0 Å². The maximum atomic E-state index is 13.4. The number of hydrogen-bond acceptors (Lipinski definition) is 1. The van der Waals surface area contributed by atoms with Gasteiger partial charge in [0.2, 0.25) is 0 Å². The average Bonchev–Trinajstić information content (AvgIpc) is 3.05. The third-order valence-corrected chi connectivity index (χ3v) is 74.6. The Morgan fingerprint density at radius 2 is 1.63 bits per heavy atom. The quantitative estimate of drug-likeness (QED) is 0.181. The second kappa shape index (κ2) is 9.69. The largest absolute Gasteiger partial charge is 1.00 e. The zero-order chi connectivity index (χ0) is 20.6. The molecule has 0 fully saturated rings. The molecule has 0 bridgehead atoms. The van der Waals surface area contributed by atoms with Gasteiger partial charge in [0.05, 0.1) is 0 Å². The number of allylic oxidation sites excluding steroid dienone is 3. The van der Waals surface area contributed by atoms with E-state index in [1.807, 2.05) is 0 Å². The Morgan fingerprint density at radius 3 is 2.11 bits per heavy atom. The zero-order valence-corrected chi connectivity index (χ0v) is 24.1. The summed E-state index contributed by atoms with van der Waals surface area (Å²) in [5.74, 6) is -0.544. The Balaban J connectivity index is 0. The van der Waals surface area contributed by atoms with Crippen LogP contribution >= 0.6 is 0 Å². The van der Waals surface area contributed by atoms with Crippen molar-refractivity contribution in [2.45, 2.75) is 103 Å². The summed E-state index contributed by atoms with van der Waals surface area (Å²) in [7, 11) is 0. The Morgan fingerprint density at radius 1 is 1.07 bits per heavy atom. The number of unbranched alkanes of at least 4 members (excludes halogenated alkanes) is 7. The molecule has 1 aliphatic carbocycles. The third kappa shape index (κ3) is 8.51. The first-order valence-corrected chi connectivity index (χ1v) is 36.8. The summed E-state index contributed by atoms with van der Waals surface area (Å²) in [6.07, 6.45) is 19.1. The Hall–Kier alpha value is 0.0370. The van der Waals surface area contributed by atoms with E-state index in [9.17, 15) is 4.79 Å². The van der Waals surface area contributed by atoms with Crippen LogP contribution in [-0.2, 0) is 21.3 Å². The van der Waals surface area contributed by atoms with Crippen LogP contribution in [0.15, 0.2) is 23.8 Å². The molecule has 2 nitrogen and oxygen atoms in total. The van der Waals surface area contributed by atoms with Crippen LogP contribution in [0.25, 0.3) is 0 Å². The van der Waals surface area contributed by atoms with E-state index in [1.54, 1.807) is 0 Å². The van der Waals surface area contributed by atoms with Crippen LogP contribution in [0.1, 0.15) is 74.0 Å². The molecule has 27 heavy (non-hydrogen) atoms. The summed E-state index contributed by atoms with van der Waals surface area (Å²) in [5.41, 5.74) is 1.33. The van der Waals surface area contributed by atoms with Gasteiger partial charge in [0, 0.05) is 0 Å². The van der Waals surface area contributed by atoms with E-state index < -0.39 is 22.5 Å². The molecule has 0 aromatic rings. The fourth-order valence-corrected chi connectivity index (χ4v) is 12.7. The molecule has 0 heterocycles. The third-order valence-electron chi connectivity index (χ3n) is 7.20. The van der Waals surface area contributed by atoms with E-state index in [-0.39, 0.29) is 8.77 Å². The number of carbonyl (C=O) groups is 1. The van der Waals surface area contributed by atoms with Gasteiger partial charge in [-0.15, -0.1) is 0 Å². The maximum absolute atomic E-state index is 13.4. The minimum atomic E-state index is -3.66. The number of nitrogens with one attached hydrogen (secondary N) is 1. The number of rotatable bonds is 13. The fourth-order valence-electron chi connectivity index (χ4n) is 3.48. The van der Waals surface area contributed by atoms with Crippen molar-refractivity contribution in [3.63, 3.8) is 0 Å². The van der Waals surface area contributed by atoms with E-state index in [0.29, 0.717) is 5.91 Å². The van der Waals surface area contributed by atoms with Crippen molar-refractivity contribution >= 4 is 11.9 Å². The maximum Gasteiger partial charge on any atom is -1.00 e. The first kappa shape index (κ1) is 25.1. The molecule has 0 aliphatic heterocycles. The minimum Gasteiger partial charge on any atom is -1.00 e. The molecule has 1 atom stereocenters. The van der Waals surface area contributed by atoms with E-state index >= 15 is 0 Å². The van der Waals surface area contributed by atoms with E-state index in [2.05, 4.69) is 60.3 Å². The SMILES string of the molecule is CCCCCCCCCCC(C(=O)[NH][Hf+2]([CH3])([CH3])([CH3])([CH3])[SiH](C)C)C1=CC=CC1.[H-].[H-]. The van der Waals surface area contributed by atoms with E-state index in [0.717, 1.165) is 12.8 Å². The predicted molar refractivity (Wildman–Crippen MR) is 125 cm³/mol. The van der Waals surface area contributed by atoms with Gasteiger partial charge in [-0.1, -0.05) is 6.92 Å². The Kier molecular flexibility index (Phi) is 9.00. The van der Waals surface area contributed by atoms with Crippen LogP contribution < -0.4 is 3.30 Å². The van der Waals surface area contributed by atoms with Crippen molar-refractivity contribution in [1.29, 1.82) is 0 Å². The van der Waals surface area contributed by atoms with Gasteiger partial charge in [0.25, 0.3) is 0 Å². The summed E-state index contributed by atoms with van der Waals surface area (Å²) in [4.78, 5) is 13.4. The molecule has 1 amide bonds. The molecular formula is C23H49HfNOSi. The molecule has 4 heteroatoms. The summed E-state index contributed by atoms with van der Waals surface area (Å²) < 4.78 is 13.5. The van der Waals surface area contributed by atoms with Crippen molar-refractivity contribution in [3.05, 3.63) is 23.8 Å². The average molecular weight is 562 g/mol. The molecular weight excluding hydrogens is 513 g/mol. The van der Waals surface area contributed by atoms with E-state index in [1.165, 1.54) is 56.9 Å². The summed E-state index contributed by atoms with van der Waals surface area (Å²) >= 11 is -3.66.